The highest BCUT2D eigenvalue weighted by Gasteiger charge is 2.44. The van der Waals surface area contributed by atoms with Crippen molar-refractivity contribution >= 4 is 0 Å². The van der Waals surface area contributed by atoms with Gasteiger partial charge in [0.15, 0.2) is 0 Å². The number of hydrogen-bond acceptors (Lipinski definition) is 1. The fraction of sp³-hybridized carbons (Fsp3) is 0.741. The van der Waals surface area contributed by atoms with E-state index in [2.05, 4.69) is 25.1 Å². The fourth-order valence-electron chi connectivity index (χ4n) is 7.15. The predicted molar refractivity (Wildman–Crippen MR) is 117 cm³/mol. The molecule has 6 atom stereocenters. The number of hydrogen-bond donors (Lipinski definition) is 0. The van der Waals surface area contributed by atoms with Crippen LogP contribution in [-0.2, 0) is 0 Å². The van der Waals surface area contributed by atoms with Crippen molar-refractivity contribution < 1.29 is 0 Å². The molecule has 0 aliphatic heterocycles. The average molecular weight is 378 g/mol. The van der Waals surface area contributed by atoms with Crippen molar-refractivity contribution in [2.45, 2.75) is 96.3 Å². The van der Waals surface area contributed by atoms with Crippen LogP contribution in [0.3, 0.4) is 0 Å². The minimum Gasteiger partial charge on any atom is -0.192 e. The maximum atomic E-state index is 9.04. The van der Waals surface area contributed by atoms with Crippen LogP contribution < -0.4 is 0 Å². The monoisotopic (exact) mass is 377 g/mol. The van der Waals surface area contributed by atoms with Crippen molar-refractivity contribution in [3.63, 3.8) is 0 Å². The van der Waals surface area contributed by atoms with Crippen molar-refractivity contribution in [2.75, 3.05) is 0 Å². The summed E-state index contributed by atoms with van der Waals surface area (Å²) >= 11 is 0. The first-order valence-electron chi connectivity index (χ1n) is 12.3. The van der Waals surface area contributed by atoms with Gasteiger partial charge in [-0.3, -0.25) is 0 Å². The van der Waals surface area contributed by atoms with Crippen molar-refractivity contribution in [1.29, 1.82) is 5.26 Å². The molecule has 0 spiro atoms. The van der Waals surface area contributed by atoms with Gasteiger partial charge in [-0.15, -0.1) is 0 Å². The smallest absolute Gasteiger partial charge is 0.0991 e. The molecule has 3 fully saturated rings. The summed E-state index contributed by atoms with van der Waals surface area (Å²) in [5.41, 5.74) is 2.28. The van der Waals surface area contributed by atoms with Gasteiger partial charge in [0.25, 0.3) is 0 Å². The van der Waals surface area contributed by atoms with E-state index in [-0.39, 0.29) is 0 Å². The molecular formula is C27H39N. The highest BCUT2D eigenvalue weighted by Crippen LogP contribution is 2.55. The Kier molecular flexibility index (Phi) is 6.77. The van der Waals surface area contributed by atoms with E-state index >= 15 is 0 Å². The van der Waals surface area contributed by atoms with Gasteiger partial charge in [-0.1, -0.05) is 57.6 Å². The lowest BCUT2D eigenvalue weighted by Crippen LogP contribution is -2.41. The van der Waals surface area contributed by atoms with Crippen LogP contribution >= 0.6 is 0 Å². The molecule has 1 aromatic rings. The molecule has 3 aliphatic carbocycles. The second-order valence-electron chi connectivity index (χ2n) is 10.2. The van der Waals surface area contributed by atoms with Crippen LogP contribution in [0.25, 0.3) is 0 Å². The third-order valence-corrected chi connectivity index (χ3v) is 8.63. The second kappa shape index (κ2) is 9.47. The van der Waals surface area contributed by atoms with Gasteiger partial charge in [0, 0.05) is 0 Å². The number of fused-ring (bicyclic) bond motifs is 3. The standard InChI is InChI=1S/C27H39N/c1-2-3-4-5-6-20-9-15-26-24(17-20)12-13-25-18-23(14-16-27(25)26)22-10-7-21(19-28)8-11-22/h7-8,10-11,20,23-27H,2-6,9,12-18H2,1H3/t20-,23?,24+,25-,26+,27-/m1/s1. The van der Waals surface area contributed by atoms with E-state index in [9.17, 15) is 0 Å². The van der Waals surface area contributed by atoms with Crippen molar-refractivity contribution in [3.8, 4) is 6.07 Å². The van der Waals surface area contributed by atoms with E-state index in [0.29, 0.717) is 0 Å². The maximum Gasteiger partial charge on any atom is 0.0991 e. The number of benzene rings is 1. The molecule has 0 aromatic heterocycles. The van der Waals surface area contributed by atoms with Crippen LogP contribution in [0, 0.1) is 40.9 Å². The van der Waals surface area contributed by atoms with E-state index in [4.69, 9.17) is 5.26 Å². The number of rotatable bonds is 6. The first kappa shape index (κ1) is 20.0. The number of nitriles is 1. The molecule has 0 heterocycles. The zero-order chi connectivity index (χ0) is 19.3. The van der Waals surface area contributed by atoms with Gasteiger partial charge in [0.05, 0.1) is 11.6 Å². The third kappa shape index (κ3) is 4.48. The predicted octanol–water partition coefficient (Wildman–Crippen LogP) is 7.85. The number of nitrogens with zero attached hydrogens (tertiary/aromatic N) is 1. The summed E-state index contributed by atoms with van der Waals surface area (Å²) in [6.07, 6.45) is 19.1. The van der Waals surface area contributed by atoms with Crippen molar-refractivity contribution in [2.24, 2.45) is 29.6 Å². The van der Waals surface area contributed by atoms with Crippen LogP contribution in [0.2, 0.25) is 0 Å². The largest absolute Gasteiger partial charge is 0.192 e. The lowest BCUT2D eigenvalue weighted by Gasteiger charge is -2.51. The highest BCUT2D eigenvalue weighted by atomic mass is 14.5. The molecule has 0 saturated heterocycles. The minimum absolute atomic E-state index is 0.737. The van der Waals surface area contributed by atoms with E-state index in [1.807, 2.05) is 12.1 Å². The molecule has 3 saturated carbocycles. The first-order chi connectivity index (χ1) is 13.8. The normalized spacial score (nSPS) is 34.9. The van der Waals surface area contributed by atoms with E-state index in [1.165, 1.54) is 82.6 Å². The second-order valence-corrected chi connectivity index (χ2v) is 10.2. The molecule has 1 nitrogen and oxygen atoms in total. The SMILES string of the molecule is CCCCCC[C@@H]1CC[C@H]2[C@@H](CC[C@@H]3CC(c4ccc(C#N)cc4)CC[C@H]32)C1. The average Bonchev–Trinajstić information content (AvgIpc) is 2.76. The molecule has 0 amide bonds. The molecule has 1 aromatic carbocycles. The highest BCUT2D eigenvalue weighted by molar-refractivity contribution is 5.33. The Morgan fingerprint density at radius 2 is 1.54 bits per heavy atom. The molecule has 152 valence electrons. The van der Waals surface area contributed by atoms with Gasteiger partial charge in [-0.25, -0.2) is 0 Å². The van der Waals surface area contributed by atoms with Gasteiger partial charge < -0.3 is 0 Å². The topological polar surface area (TPSA) is 23.8 Å². The molecule has 1 heteroatoms. The van der Waals surface area contributed by atoms with E-state index in [0.717, 1.165) is 41.1 Å². The Balaban J connectivity index is 1.30. The molecular weight excluding hydrogens is 338 g/mol. The Hall–Kier alpha value is -1.29. The number of unbranched alkanes of at least 4 members (excludes halogenated alkanes) is 3. The Bertz CT molecular complexity index is 654. The lowest BCUT2D eigenvalue weighted by atomic mass is 9.54. The van der Waals surface area contributed by atoms with Crippen molar-refractivity contribution in [3.05, 3.63) is 35.4 Å². The Morgan fingerprint density at radius 1 is 0.821 bits per heavy atom. The lowest BCUT2D eigenvalue weighted by molar-refractivity contribution is 0.00518. The van der Waals surface area contributed by atoms with Crippen LogP contribution in [0.1, 0.15) is 107 Å². The summed E-state index contributed by atoms with van der Waals surface area (Å²) in [4.78, 5) is 0. The van der Waals surface area contributed by atoms with Gasteiger partial charge in [0.1, 0.15) is 0 Å². The summed E-state index contributed by atoms with van der Waals surface area (Å²) in [7, 11) is 0. The van der Waals surface area contributed by atoms with Crippen LogP contribution in [0.4, 0.5) is 0 Å². The minimum atomic E-state index is 0.737. The van der Waals surface area contributed by atoms with Gasteiger partial charge in [-0.05, 0) is 98.1 Å². The molecule has 0 radical (unpaired) electrons. The quantitative estimate of drug-likeness (QED) is 0.463. The zero-order valence-electron chi connectivity index (χ0n) is 17.9. The Labute approximate surface area is 172 Å². The van der Waals surface area contributed by atoms with Gasteiger partial charge >= 0.3 is 0 Å². The maximum absolute atomic E-state index is 9.04. The molecule has 1 unspecified atom stereocenters. The first-order valence-corrected chi connectivity index (χ1v) is 12.3. The zero-order valence-corrected chi connectivity index (χ0v) is 17.9. The van der Waals surface area contributed by atoms with Crippen LogP contribution in [0.15, 0.2) is 24.3 Å². The fourth-order valence-corrected chi connectivity index (χ4v) is 7.15. The molecule has 0 bridgehead atoms. The molecule has 3 aliphatic rings. The Morgan fingerprint density at radius 3 is 2.25 bits per heavy atom. The summed E-state index contributed by atoms with van der Waals surface area (Å²) < 4.78 is 0. The van der Waals surface area contributed by atoms with E-state index in [1.54, 1.807) is 6.42 Å². The van der Waals surface area contributed by atoms with Crippen LogP contribution in [0.5, 0.6) is 0 Å². The molecule has 0 N–H and O–H groups in total. The van der Waals surface area contributed by atoms with Gasteiger partial charge in [-0.2, -0.15) is 5.26 Å². The third-order valence-electron chi connectivity index (χ3n) is 8.63. The molecule has 28 heavy (non-hydrogen) atoms. The van der Waals surface area contributed by atoms with Gasteiger partial charge in [0.2, 0.25) is 0 Å². The summed E-state index contributed by atoms with van der Waals surface area (Å²) in [6, 6.07) is 10.7. The van der Waals surface area contributed by atoms with Crippen molar-refractivity contribution in [1.82, 2.24) is 0 Å². The summed E-state index contributed by atoms with van der Waals surface area (Å²) in [5, 5.41) is 9.04. The summed E-state index contributed by atoms with van der Waals surface area (Å²) in [5.74, 6) is 5.88. The van der Waals surface area contributed by atoms with Crippen LogP contribution in [-0.4, -0.2) is 0 Å². The summed E-state index contributed by atoms with van der Waals surface area (Å²) in [6.45, 7) is 2.32. The molecule has 4 rings (SSSR count). The van der Waals surface area contributed by atoms with E-state index < -0.39 is 0 Å².